The second-order valence-electron chi connectivity index (χ2n) is 5.02. The van der Waals surface area contributed by atoms with Crippen molar-refractivity contribution in [1.29, 1.82) is 0 Å². The molecule has 3 heteroatoms. The van der Waals surface area contributed by atoms with Crippen molar-refractivity contribution in [2.75, 3.05) is 6.54 Å². The quantitative estimate of drug-likeness (QED) is 0.620. The van der Waals surface area contributed by atoms with Crippen molar-refractivity contribution in [3.8, 4) is 0 Å². The normalized spacial score (nSPS) is 11.3. The van der Waals surface area contributed by atoms with Gasteiger partial charge in [-0.25, -0.2) is 0 Å². The maximum absolute atomic E-state index is 4.49. The fraction of sp³-hybridized carbons (Fsp3) is 0.105. The number of aliphatic imine (C=N–C) groups is 1. The third-order valence-electron chi connectivity index (χ3n) is 3.48. The number of rotatable bonds is 4. The van der Waals surface area contributed by atoms with Crippen LogP contribution in [0.4, 0.5) is 0 Å². The minimum absolute atomic E-state index is 0. The Morgan fingerprint density at radius 3 is 2.55 bits per heavy atom. The average molecular weight is 311 g/mol. The third kappa shape index (κ3) is 3.66. The molecule has 0 saturated carbocycles. The Labute approximate surface area is 137 Å². The molecule has 0 spiro atoms. The number of hydrogen-bond donors (Lipinski definition) is 0. The lowest BCUT2D eigenvalue weighted by atomic mass is 10.2. The summed E-state index contributed by atoms with van der Waals surface area (Å²) in [6, 6.07) is 18.7. The van der Waals surface area contributed by atoms with Gasteiger partial charge in [0.2, 0.25) is 0 Å². The van der Waals surface area contributed by atoms with Crippen LogP contribution in [0.3, 0.4) is 0 Å². The first-order chi connectivity index (χ1) is 10.3. The molecule has 0 aliphatic rings. The van der Waals surface area contributed by atoms with Crippen LogP contribution < -0.4 is 0 Å². The van der Waals surface area contributed by atoms with E-state index in [4.69, 9.17) is 0 Å². The summed E-state index contributed by atoms with van der Waals surface area (Å²) in [7, 11) is 2.06. The zero-order valence-corrected chi connectivity index (χ0v) is 13.3. The van der Waals surface area contributed by atoms with E-state index in [0.29, 0.717) is 6.54 Å². The molecule has 0 atom stereocenters. The molecule has 1 aromatic heterocycles. The van der Waals surface area contributed by atoms with E-state index in [0.717, 1.165) is 0 Å². The van der Waals surface area contributed by atoms with Gasteiger partial charge in [0.25, 0.3) is 0 Å². The van der Waals surface area contributed by atoms with Gasteiger partial charge in [-0.2, -0.15) is 0 Å². The molecule has 0 N–H and O–H groups in total. The Morgan fingerprint density at radius 1 is 1.00 bits per heavy atom. The van der Waals surface area contributed by atoms with E-state index in [1.807, 2.05) is 24.4 Å². The van der Waals surface area contributed by atoms with Crippen molar-refractivity contribution in [2.24, 2.45) is 12.0 Å². The van der Waals surface area contributed by atoms with Gasteiger partial charge >= 0.3 is 0 Å². The molecular weight excluding hydrogens is 292 g/mol. The molecule has 112 valence electrons. The van der Waals surface area contributed by atoms with Gasteiger partial charge in [-0.3, -0.25) is 4.99 Å². The standard InChI is InChI=1S/C19H18N2.ClH/c1-21-15-17(18-11-5-6-12-19(18)21)14-20-13-7-10-16-8-3-2-4-9-16;/h2-12,14-15H,13H2,1H3;1H/b10-7+,20-14?;. The molecule has 1 heterocycles. The molecule has 0 aliphatic heterocycles. The zero-order chi connectivity index (χ0) is 14.5. The van der Waals surface area contributed by atoms with Crippen molar-refractivity contribution in [1.82, 2.24) is 4.57 Å². The Morgan fingerprint density at radius 2 is 1.73 bits per heavy atom. The van der Waals surface area contributed by atoms with Crippen molar-refractivity contribution in [3.63, 3.8) is 0 Å². The molecular formula is C19H19ClN2. The Kier molecular flexibility index (Phi) is 5.56. The van der Waals surface area contributed by atoms with Crippen LogP contribution in [0.25, 0.3) is 17.0 Å². The SMILES string of the molecule is Cl.Cn1cc(C=NC/C=C/c2ccccc2)c2ccccc21. The summed E-state index contributed by atoms with van der Waals surface area (Å²) in [5.74, 6) is 0. The van der Waals surface area contributed by atoms with E-state index in [1.54, 1.807) is 0 Å². The summed E-state index contributed by atoms with van der Waals surface area (Å²) >= 11 is 0. The van der Waals surface area contributed by atoms with Gasteiger partial charge in [0.1, 0.15) is 0 Å². The Balaban J connectivity index is 0.00000176. The molecule has 3 aromatic rings. The van der Waals surface area contributed by atoms with E-state index >= 15 is 0 Å². The van der Waals surface area contributed by atoms with E-state index in [9.17, 15) is 0 Å². The minimum Gasteiger partial charge on any atom is -0.350 e. The second-order valence-corrected chi connectivity index (χ2v) is 5.02. The zero-order valence-electron chi connectivity index (χ0n) is 12.5. The van der Waals surface area contributed by atoms with Crippen LogP contribution in [0.15, 0.2) is 71.9 Å². The highest BCUT2D eigenvalue weighted by atomic mass is 35.5. The summed E-state index contributed by atoms with van der Waals surface area (Å²) in [5, 5.41) is 1.25. The van der Waals surface area contributed by atoms with E-state index in [2.05, 4.69) is 71.4 Å². The van der Waals surface area contributed by atoms with Gasteiger partial charge in [0.05, 0.1) is 6.54 Å². The molecule has 0 unspecified atom stereocenters. The fourth-order valence-electron chi connectivity index (χ4n) is 2.44. The maximum Gasteiger partial charge on any atom is 0.0573 e. The molecule has 22 heavy (non-hydrogen) atoms. The molecule has 2 nitrogen and oxygen atoms in total. The smallest absolute Gasteiger partial charge is 0.0573 e. The van der Waals surface area contributed by atoms with Gasteiger partial charge in [0, 0.05) is 35.9 Å². The first-order valence-electron chi connectivity index (χ1n) is 7.10. The van der Waals surface area contributed by atoms with Crippen molar-refractivity contribution in [3.05, 3.63) is 78.0 Å². The largest absolute Gasteiger partial charge is 0.350 e. The monoisotopic (exact) mass is 310 g/mol. The van der Waals surface area contributed by atoms with Crippen LogP contribution in [0.5, 0.6) is 0 Å². The van der Waals surface area contributed by atoms with Crippen LogP contribution >= 0.6 is 12.4 Å². The lowest BCUT2D eigenvalue weighted by molar-refractivity contribution is 0.968. The number of halogens is 1. The summed E-state index contributed by atoms with van der Waals surface area (Å²) in [5.41, 5.74) is 3.61. The highest BCUT2D eigenvalue weighted by Crippen LogP contribution is 2.18. The van der Waals surface area contributed by atoms with E-state index in [1.165, 1.54) is 22.0 Å². The predicted molar refractivity (Wildman–Crippen MR) is 98.1 cm³/mol. The fourth-order valence-corrected chi connectivity index (χ4v) is 2.44. The first-order valence-corrected chi connectivity index (χ1v) is 7.10. The predicted octanol–water partition coefficient (Wildman–Crippen LogP) is 4.73. The summed E-state index contributed by atoms with van der Waals surface area (Å²) in [6.07, 6.45) is 8.25. The second kappa shape index (κ2) is 7.62. The number of aryl methyl sites for hydroxylation is 1. The van der Waals surface area contributed by atoms with Gasteiger partial charge in [-0.15, -0.1) is 12.4 Å². The molecule has 2 aromatic carbocycles. The lowest BCUT2D eigenvalue weighted by Gasteiger charge is -1.93. The highest BCUT2D eigenvalue weighted by Gasteiger charge is 2.02. The average Bonchev–Trinajstić information content (AvgIpc) is 2.85. The summed E-state index contributed by atoms with van der Waals surface area (Å²) in [4.78, 5) is 4.49. The summed E-state index contributed by atoms with van der Waals surface area (Å²) < 4.78 is 2.14. The minimum atomic E-state index is 0. The molecule has 3 rings (SSSR count). The van der Waals surface area contributed by atoms with Gasteiger partial charge in [-0.05, 0) is 11.6 Å². The number of hydrogen-bond acceptors (Lipinski definition) is 1. The van der Waals surface area contributed by atoms with Crippen LogP contribution in [0.1, 0.15) is 11.1 Å². The first kappa shape index (κ1) is 16.1. The van der Waals surface area contributed by atoms with E-state index < -0.39 is 0 Å². The van der Waals surface area contributed by atoms with Crippen LogP contribution in [-0.4, -0.2) is 17.3 Å². The molecule has 0 amide bonds. The van der Waals surface area contributed by atoms with Crippen LogP contribution in [0, 0.1) is 0 Å². The molecule has 0 aliphatic carbocycles. The highest BCUT2D eigenvalue weighted by molar-refractivity contribution is 5.99. The molecule has 0 radical (unpaired) electrons. The number of para-hydroxylation sites is 1. The number of aromatic nitrogens is 1. The van der Waals surface area contributed by atoms with Gasteiger partial charge in [0.15, 0.2) is 0 Å². The van der Waals surface area contributed by atoms with Crippen molar-refractivity contribution >= 4 is 35.6 Å². The molecule has 0 fully saturated rings. The van der Waals surface area contributed by atoms with Gasteiger partial charge in [-0.1, -0.05) is 60.7 Å². The molecule has 0 bridgehead atoms. The maximum atomic E-state index is 4.49. The molecule has 0 saturated heterocycles. The van der Waals surface area contributed by atoms with E-state index in [-0.39, 0.29) is 12.4 Å². The number of benzene rings is 2. The van der Waals surface area contributed by atoms with Gasteiger partial charge < -0.3 is 4.57 Å². The third-order valence-corrected chi connectivity index (χ3v) is 3.48. The Hall–Kier alpha value is -2.32. The number of nitrogens with zero attached hydrogens (tertiary/aromatic N) is 2. The van der Waals surface area contributed by atoms with Crippen molar-refractivity contribution in [2.45, 2.75) is 0 Å². The van der Waals surface area contributed by atoms with Crippen molar-refractivity contribution < 1.29 is 0 Å². The van der Waals surface area contributed by atoms with Crippen LogP contribution in [-0.2, 0) is 7.05 Å². The summed E-state index contributed by atoms with van der Waals surface area (Å²) in [6.45, 7) is 0.693. The Bertz CT molecular complexity index is 786. The topological polar surface area (TPSA) is 17.3 Å². The number of fused-ring (bicyclic) bond motifs is 1. The lowest BCUT2D eigenvalue weighted by Crippen LogP contribution is -1.82. The van der Waals surface area contributed by atoms with Crippen LogP contribution in [0.2, 0.25) is 0 Å².